The van der Waals surface area contributed by atoms with Gasteiger partial charge in [-0.1, -0.05) is 103 Å². The number of rotatable bonds is 18. The zero-order chi connectivity index (χ0) is 22.2. The maximum Gasteiger partial charge on any atom is 0.298 e. The van der Waals surface area contributed by atoms with Crippen molar-refractivity contribution in [1.29, 1.82) is 0 Å². The first-order chi connectivity index (χ1) is 14.4. The predicted molar refractivity (Wildman–Crippen MR) is 129 cm³/mol. The molecule has 0 spiro atoms. The van der Waals surface area contributed by atoms with Crippen molar-refractivity contribution < 1.29 is 23.2 Å². The number of aryl methyl sites for hydroxylation is 1. The van der Waals surface area contributed by atoms with Gasteiger partial charge in [0.15, 0.2) is 0 Å². The van der Waals surface area contributed by atoms with Crippen molar-refractivity contribution in [3.05, 3.63) is 17.7 Å². The Balaban J connectivity index is 0.00000900. The third-order valence-corrected chi connectivity index (χ3v) is 6.62. The van der Waals surface area contributed by atoms with Crippen LogP contribution in [0.15, 0.2) is 17.0 Å². The Bertz CT molecular complexity index is 691. The summed E-state index contributed by atoms with van der Waals surface area (Å²) in [5.41, 5.74) is 0.505. The van der Waals surface area contributed by atoms with E-state index in [0.29, 0.717) is 12.0 Å². The minimum Gasteiger partial charge on any atom is -0.508 e. The molecule has 3 N–H and O–H groups in total. The summed E-state index contributed by atoms with van der Waals surface area (Å²) >= 11 is 0. The molecule has 0 bridgehead atoms. The zero-order valence-corrected chi connectivity index (χ0v) is 23.7. The van der Waals surface area contributed by atoms with E-state index in [1.807, 2.05) is 0 Å². The smallest absolute Gasteiger partial charge is 0.298 e. The number of phenolic OH excluding ortho intramolecular Hbond substituents is 2. The zero-order valence-electron chi connectivity index (χ0n) is 19.7. The van der Waals surface area contributed by atoms with Gasteiger partial charge in [-0.3, -0.25) is 4.55 Å². The van der Waals surface area contributed by atoms with Crippen molar-refractivity contribution in [3.8, 4) is 11.5 Å². The van der Waals surface area contributed by atoms with Crippen molar-refractivity contribution in [2.75, 3.05) is 0 Å². The Kier molecular flexibility index (Phi) is 19.0. The first-order valence-corrected chi connectivity index (χ1v) is 13.3. The van der Waals surface area contributed by atoms with E-state index < -0.39 is 20.8 Å². The standard InChI is InChI=1S/C24H42O5S.K/c1-2-3-4-5-6-7-8-9-10-11-12-13-14-15-16-17-18-21-19-23(26)24(20-22(21)25)30(27,28)29;/h19-20,25-26H,2-18H2,1H3,(H,27,28,29);. The van der Waals surface area contributed by atoms with E-state index in [4.69, 9.17) is 4.55 Å². The molecule has 0 saturated carbocycles. The molecule has 0 aromatic heterocycles. The Labute approximate surface area is 232 Å². The van der Waals surface area contributed by atoms with E-state index in [-0.39, 0.29) is 57.1 Å². The molecule has 0 aliphatic heterocycles. The van der Waals surface area contributed by atoms with Crippen LogP contribution in [0.5, 0.6) is 11.5 Å². The van der Waals surface area contributed by atoms with Crippen LogP contribution in [-0.4, -0.2) is 74.6 Å². The van der Waals surface area contributed by atoms with Crippen LogP contribution in [0.2, 0.25) is 0 Å². The van der Waals surface area contributed by atoms with Crippen molar-refractivity contribution in [3.63, 3.8) is 0 Å². The van der Waals surface area contributed by atoms with Gasteiger partial charge in [-0.05, 0) is 24.5 Å². The van der Waals surface area contributed by atoms with Crippen LogP contribution in [0.3, 0.4) is 0 Å². The largest absolute Gasteiger partial charge is 0.508 e. The van der Waals surface area contributed by atoms with Crippen molar-refractivity contribution in [2.24, 2.45) is 0 Å². The first kappa shape index (κ1) is 31.4. The van der Waals surface area contributed by atoms with E-state index in [0.717, 1.165) is 25.3 Å². The van der Waals surface area contributed by atoms with E-state index in [2.05, 4.69) is 6.92 Å². The molecule has 1 rings (SSSR count). The van der Waals surface area contributed by atoms with Gasteiger partial charge in [0, 0.05) is 57.5 Å². The molecule has 0 saturated heterocycles. The summed E-state index contributed by atoms with van der Waals surface area (Å²) in [6.45, 7) is 2.26. The molecular weight excluding hydrogens is 439 g/mol. The van der Waals surface area contributed by atoms with Crippen LogP contribution in [0.1, 0.15) is 115 Å². The van der Waals surface area contributed by atoms with Crippen molar-refractivity contribution >= 4 is 61.5 Å². The SMILES string of the molecule is CCCCCCCCCCCCCCCCCCc1cc(O)c(S(=O)(=O)O)cc1O.[K]. The fourth-order valence-electron chi connectivity index (χ4n) is 3.87. The average Bonchev–Trinajstić information content (AvgIpc) is 2.69. The molecule has 31 heavy (non-hydrogen) atoms. The number of hydrogen-bond acceptors (Lipinski definition) is 4. The second-order valence-electron chi connectivity index (χ2n) is 8.48. The Morgan fingerprint density at radius 2 is 1.03 bits per heavy atom. The van der Waals surface area contributed by atoms with Gasteiger partial charge in [0.1, 0.15) is 16.4 Å². The van der Waals surface area contributed by atoms with Crippen LogP contribution in [0.4, 0.5) is 0 Å². The topological polar surface area (TPSA) is 94.8 Å². The maximum absolute atomic E-state index is 11.1. The Morgan fingerprint density at radius 3 is 1.42 bits per heavy atom. The Hall–Kier alpha value is 0.366. The predicted octanol–water partition coefficient (Wildman–Crippen LogP) is 6.77. The van der Waals surface area contributed by atoms with Gasteiger partial charge >= 0.3 is 0 Å². The third kappa shape index (κ3) is 15.0. The first-order valence-electron chi connectivity index (χ1n) is 11.9. The summed E-state index contributed by atoms with van der Waals surface area (Å²) in [6.07, 6.45) is 21.2. The van der Waals surface area contributed by atoms with Gasteiger partial charge in [-0.25, -0.2) is 0 Å². The molecular formula is C24H42KO5S. The fraction of sp³-hybridized carbons (Fsp3) is 0.750. The molecule has 5 nitrogen and oxygen atoms in total. The number of aromatic hydroxyl groups is 2. The van der Waals surface area contributed by atoms with E-state index >= 15 is 0 Å². The monoisotopic (exact) mass is 481 g/mol. The van der Waals surface area contributed by atoms with E-state index in [1.54, 1.807) is 0 Å². The summed E-state index contributed by atoms with van der Waals surface area (Å²) in [7, 11) is -4.53. The molecule has 0 atom stereocenters. The van der Waals surface area contributed by atoms with Gasteiger partial charge in [0.05, 0.1) is 0 Å². The van der Waals surface area contributed by atoms with Crippen molar-refractivity contribution in [2.45, 2.75) is 121 Å². The number of unbranched alkanes of at least 4 members (excludes halogenated alkanes) is 15. The van der Waals surface area contributed by atoms with Crippen LogP contribution >= 0.6 is 0 Å². The number of phenols is 2. The second-order valence-corrected chi connectivity index (χ2v) is 9.87. The van der Waals surface area contributed by atoms with Crippen LogP contribution in [0.25, 0.3) is 0 Å². The molecule has 175 valence electrons. The summed E-state index contributed by atoms with van der Waals surface area (Å²) in [6, 6.07) is 2.14. The molecule has 0 unspecified atom stereocenters. The minimum absolute atomic E-state index is 0. The van der Waals surface area contributed by atoms with E-state index in [9.17, 15) is 18.6 Å². The minimum atomic E-state index is -4.53. The van der Waals surface area contributed by atoms with Crippen LogP contribution < -0.4 is 0 Å². The summed E-state index contributed by atoms with van der Waals surface area (Å²) < 4.78 is 31.2. The maximum atomic E-state index is 11.1. The molecule has 0 heterocycles. The number of hydrogen-bond donors (Lipinski definition) is 3. The van der Waals surface area contributed by atoms with Gasteiger partial charge in [0.2, 0.25) is 0 Å². The molecule has 0 aliphatic carbocycles. The molecule has 7 heteroatoms. The van der Waals surface area contributed by atoms with Crippen molar-refractivity contribution in [1.82, 2.24) is 0 Å². The average molecular weight is 482 g/mol. The second kappa shape index (κ2) is 18.8. The van der Waals surface area contributed by atoms with Crippen LogP contribution in [-0.2, 0) is 16.5 Å². The quantitative estimate of drug-likeness (QED) is 0.0931. The molecule has 1 radical (unpaired) electrons. The van der Waals surface area contributed by atoms with Gasteiger partial charge in [0.25, 0.3) is 10.1 Å². The number of benzene rings is 1. The fourth-order valence-corrected chi connectivity index (χ4v) is 4.46. The molecule has 1 aromatic carbocycles. The summed E-state index contributed by atoms with van der Waals surface area (Å²) in [5, 5.41) is 19.7. The normalized spacial score (nSPS) is 11.4. The van der Waals surface area contributed by atoms with E-state index in [1.165, 1.54) is 89.5 Å². The van der Waals surface area contributed by atoms with Gasteiger partial charge < -0.3 is 10.2 Å². The van der Waals surface area contributed by atoms with Gasteiger partial charge in [-0.15, -0.1) is 0 Å². The molecule has 0 amide bonds. The van der Waals surface area contributed by atoms with Crippen LogP contribution in [0, 0.1) is 0 Å². The Morgan fingerprint density at radius 1 is 0.645 bits per heavy atom. The molecule has 1 aromatic rings. The summed E-state index contributed by atoms with van der Waals surface area (Å²) in [5.74, 6) is -0.733. The molecule has 0 fully saturated rings. The summed E-state index contributed by atoms with van der Waals surface area (Å²) in [4.78, 5) is -0.657. The molecule has 0 aliphatic rings. The third-order valence-electron chi connectivity index (χ3n) is 5.74. The van der Waals surface area contributed by atoms with Gasteiger partial charge in [-0.2, -0.15) is 8.42 Å².